The van der Waals surface area contributed by atoms with E-state index in [0.717, 1.165) is 18.5 Å². The smallest absolute Gasteiger partial charge is 0.0194 e. The number of nitrogens with one attached hydrogen (secondary N) is 1. The molecule has 17 heavy (non-hydrogen) atoms. The zero-order valence-electron chi connectivity index (χ0n) is 12.4. The van der Waals surface area contributed by atoms with Gasteiger partial charge in [0.1, 0.15) is 0 Å². The number of nitrogens with zero attached hydrogens (tertiary/aromatic N) is 2. The van der Waals surface area contributed by atoms with Crippen LogP contribution in [-0.2, 0) is 0 Å². The maximum Gasteiger partial charge on any atom is 0.0194 e. The zero-order chi connectivity index (χ0) is 12.8. The first-order valence-corrected chi connectivity index (χ1v) is 7.14. The van der Waals surface area contributed by atoms with Gasteiger partial charge in [-0.2, -0.15) is 0 Å². The molecule has 3 nitrogen and oxygen atoms in total. The van der Waals surface area contributed by atoms with E-state index in [9.17, 15) is 0 Å². The lowest BCUT2D eigenvalue weighted by molar-refractivity contribution is 0.150. The predicted molar refractivity (Wildman–Crippen MR) is 75.5 cm³/mol. The number of rotatable bonds is 7. The van der Waals surface area contributed by atoms with E-state index < -0.39 is 0 Å². The van der Waals surface area contributed by atoms with Gasteiger partial charge in [-0.05, 0) is 53.4 Å². The fraction of sp³-hybridized carbons (Fsp3) is 1.00. The van der Waals surface area contributed by atoms with Crippen LogP contribution in [0.4, 0.5) is 0 Å². The summed E-state index contributed by atoms with van der Waals surface area (Å²) in [6.07, 6.45) is 4.16. The quantitative estimate of drug-likeness (QED) is 0.731. The van der Waals surface area contributed by atoms with Gasteiger partial charge in [0.25, 0.3) is 0 Å². The van der Waals surface area contributed by atoms with Gasteiger partial charge >= 0.3 is 0 Å². The van der Waals surface area contributed by atoms with Crippen molar-refractivity contribution in [3.05, 3.63) is 0 Å². The van der Waals surface area contributed by atoms with Crippen molar-refractivity contribution in [1.29, 1.82) is 0 Å². The average Bonchev–Trinajstić information content (AvgIpc) is 2.71. The molecule has 102 valence electrons. The standard InChI is InChI=1S/C14H31N3/c1-6-17(12(2)10-16(4)5)11-13-8-7-9-14(13)15-3/h12-15H,6-11H2,1-5H3. The molecule has 3 heteroatoms. The second-order valence-corrected chi connectivity index (χ2v) is 5.78. The van der Waals surface area contributed by atoms with E-state index in [1.165, 1.54) is 32.4 Å². The molecular weight excluding hydrogens is 210 g/mol. The Kier molecular flexibility index (Phi) is 6.45. The Bertz CT molecular complexity index is 206. The maximum atomic E-state index is 3.49. The second-order valence-electron chi connectivity index (χ2n) is 5.78. The summed E-state index contributed by atoms with van der Waals surface area (Å²) in [5, 5.41) is 3.49. The minimum atomic E-state index is 0.660. The molecular formula is C14H31N3. The Morgan fingerprint density at radius 1 is 1.29 bits per heavy atom. The number of hydrogen-bond donors (Lipinski definition) is 1. The summed E-state index contributed by atoms with van der Waals surface area (Å²) in [7, 11) is 6.44. The molecule has 0 aromatic heterocycles. The Morgan fingerprint density at radius 2 is 2.00 bits per heavy atom. The Balaban J connectivity index is 2.45. The summed E-state index contributed by atoms with van der Waals surface area (Å²) in [6.45, 7) is 8.23. The maximum absolute atomic E-state index is 3.49. The third-order valence-corrected chi connectivity index (χ3v) is 4.16. The lowest BCUT2D eigenvalue weighted by Gasteiger charge is -2.33. The molecule has 0 bridgehead atoms. The van der Waals surface area contributed by atoms with Crippen LogP contribution in [0, 0.1) is 5.92 Å². The molecule has 0 heterocycles. The van der Waals surface area contributed by atoms with E-state index in [0.29, 0.717) is 6.04 Å². The van der Waals surface area contributed by atoms with Crippen LogP contribution in [0.1, 0.15) is 33.1 Å². The third kappa shape index (κ3) is 4.57. The number of hydrogen-bond acceptors (Lipinski definition) is 3. The minimum absolute atomic E-state index is 0.660. The molecule has 0 radical (unpaired) electrons. The second kappa shape index (κ2) is 7.34. The molecule has 1 fully saturated rings. The molecule has 1 N–H and O–H groups in total. The highest BCUT2D eigenvalue weighted by molar-refractivity contribution is 4.85. The largest absolute Gasteiger partial charge is 0.317 e. The van der Waals surface area contributed by atoms with Crippen LogP contribution in [0.2, 0.25) is 0 Å². The molecule has 1 aliphatic carbocycles. The van der Waals surface area contributed by atoms with Crippen molar-refractivity contribution < 1.29 is 0 Å². The van der Waals surface area contributed by atoms with Gasteiger partial charge in [-0.25, -0.2) is 0 Å². The number of likely N-dealkylation sites (N-methyl/N-ethyl adjacent to an activating group) is 2. The first-order chi connectivity index (χ1) is 8.08. The Hall–Kier alpha value is -0.120. The van der Waals surface area contributed by atoms with Gasteiger partial charge in [-0.1, -0.05) is 13.3 Å². The van der Waals surface area contributed by atoms with E-state index in [1.807, 2.05) is 0 Å². The summed E-state index contributed by atoms with van der Waals surface area (Å²) in [5.41, 5.74) is 0. The van der Waals surface area contributed by atoms with Crippen LogP contribution in [0.3, 0.4) is 0 Å². The molecule has 0 saturated heterocycles. The lowest BCUT2D eigenvalue weighted by atomic mass is 10.0. The van der Waals surface area contributed by atoms with Crippen LogP contribution in [0.15, 0.2) is 0 Å². The topological polar surface area (TPSA) is 18.5 Å². The van der Waals surface area contributed by atoms with Crippen LogP contribution >= 0.6 is 0 Å². The highest BCUT2D eigenvalue weighted by Gasteiger charge is 2.28. The highest BCUT2D eigenvalue weighted by atomic mass is 15.2. The van der Waals surface area contributed by atoms with Gasteiger partial charge in [0, 0.05) is 25.2 Å². The van der Waals surface area contributed by atoms with Gasteiger partial charge in [0.15, 0.2) is 0 Å². The van der Waals surface area contributed by atoms with Crippen LogP contribution < -0.4 is 5.32 Å². The first-order valence-electron chi connectivity index (χ1n) is 7.14. The molecule has 3 atom stereocenters. The molecule has 0 amide bonds. The van der Waals surface area contributed by atoms with Gasteiger partial charge in [-0.3, -0.25) is 4.90 Å². The first kappa shape index (κ1) is 14.9. The SMILES string of the molecule is CCN(CC1CCCC1NC)C(C)CN(C)C. The molecule has 0 aliphatic heterocycles. The van der Waals surface area contributed by atoms with Crippen molar-refractivity contribution in [1.82, 2.24) is 15.1 Å². The lowest BCUT2D eigenvalue weighted by Crippen LogP contribution is -2.45. The van der Waals surface area contributed by atoms with Gasteiger partial charge in [-0.15, -0.1) is 0 Å². The minimum Gasteiger partial charge on any atom is -0.317 e. The Morgan fingerprint density at radius 3 is 2.53 bits per heavy atom. The fourth-order valence-corrected chi connectivity index (χ4v) is 3.20. The Labute approximate surface area is 108 Å². The van der Waals surface area contributed by atoms with Crippen LogP contribution in [0.5, 0.6) is 0 Å². The van der Waals surface area contributed by atoms with Crippen molar-refractivity contribution in [2.24, 2.45) is 5.92 Å². The predicted octanol–water partition coefficient (Wildman–Crippen LogP) is 1.65. The molecule has 1 rings (SSSR count). The molecule has 0 aromatic rings. The van der Waals surface area contributed by atoms with Gasteiger partial charge in [0.2, 0.25) is 0 Å². The molecule has 0 spiro atoms. The molecule has 0 aromatic carbocycles. The van der Waals surface area contributed by atoms with Crippen molar-refractivity contribution in [2.45, 2.75) is 45.2 Å². The third-order valence-electron chi connectivity index (χ3n) is 4.16. The van der Waals surface area contributed by atoms with E-state index in [1.54, 1.807) is 0 Å². The zero-order valence-corrected chi connectivity index (χ0v) is 12.4. The summed E-state index contributed by atoms with van der Waals surface area (Å²) in [5.74, 6) is 0.851. The van der Waals surface area contributed by atoms with Gasteiger partial charge < -0.3 is 10.2 Å². The van der Waals surface area contributed by atoms with E-state index >= 15 is 0 Å². The normalized spacial score (nSPS) is 27.0. The van der Waals surface area contributed by atoms with E-state index in [-0.39, 0.29) is 0 Å². The highest BCUT2D eigenvalue weighted by Crippen LogP contribution is 2.26. The van der Waals surface area contributed by atoms with Gasteiger partial charge in [0.05, 0.1) is 0 Å². The summed E-state index contributed by atoms with van der Waals surface area (Å²) in [6, 6.07) is 1.41. The van der Waals surface area contributed by atoms with Crippen molar-refractivity contribution >= 4 is 0 Å². The van der Waals surface area contributed by atoms with E-state index in [4.69, 9.17) is 0 Å². The van der Waals surface area contributed by atoms with E-state index in [2.05, 4.69) is 50.1 Å². The van der Waals surface area contributed by atoms with Crippen molar-refractivity contribution in [3.8, 4) is 0 Å². The van der Waals surface area contributed by atoms with Crippen molar-refractivity contribution in [3.63, 3.8) is 0 Å². The summed E-state index contributed by atoms with van der Waals surface area (Å²) in [4.78, 5) is 4.93. The summed E-state index contributed by atoms with van der Waals surface area (Å²) < 4.78 is 0. The van der Waals surface area contributed by atoms with Crippen molar-refractivity contribution in [2.75, 3.05) is 40.8 Å². The molecule has 1 aliphatic rings. The average molecular weight is 241 g/mol. The summed E-state index contributed by atoms with van der Waals surface area (Å²) >= 11 is 0. The molecule has 1 saturated carbocycles. The monoisotopic (exact) mass is 241 g/mol. The van der Waals surface area contributed by atoms with Crippen LogP contribution in [-0.4, -0.2) is 62.7 Å². The van der Waals surface area contributed by atoms with Crippen LogP contribution in [0.25, 0.3) is 0 Å². The molecule has 3 unspecified atom stereocenters. The fourth-order valence-electron chi connectivity index (χ4n) is 3.20.